The number of aryl methyl sites for hydroxylation is 1. The van der Waals surface area contributed by atoms with E-state index in [2.05, 4.69) is 29.1 Å². The van der Waals surface area contributed by atoms with Gasteiger partial charge in [-0.2, -0.15) is 4.98 Å². The van der Waals surface area contributed by atoms with Gasteiger partial charge in [-0.25, -0.2) is 4.98 Å². The lowest BCUT2D eigenvalue weighted by atomic mass is 9.98. The van der Waals surface area contributed by atoms with E-state index < -0.39 is 0 Å². The van der Waals surface area contributed by atoms with Gasteiger partial charge in [-0.3, -0.25) is 0 Å². The predicted molar refractivity (Wildman–Crippen MR) is 77.7 cm³/mol. The lowest BCUT2D eigenvalue weighted by Gasteiger charge is -2.22. The summed E-state index contributed by atoms with van der Waals surface area (Å²) in [6, 6.07) is 1.93. The fourth-order valence-electron chi connectivity index (χ4n) is 2.49. The maximum absolute atomic E-state index is 6.04. The highest BCUT2D eigenvalue weighted by Crippen LogP contribution is 2.23. The molecule has 19 heavy (non-hydrogen) atoms. The molecule has 2 rings (SSSR count). The van der Waals surface area contributed by atoms with Gasteiger partial charge >= 0.3 is 0 Å². The number of aromatic nitrogens is 2. The predicted octanol–water partition coefficient (Wildman–Crippen LogP) is 3.57. The van der Waals surface area contributed by atoms with E-state index in [0.29, 0.717) is 6.10 Å². The Morgan fingerprint density at radius 3 is 2.68 bits per heavy atom. The molecule has 1 N–H and O–H groups in total. The standard InChI is InChI=1S/C15H25N3O/c1-3-8-13-17-14(16-4-2)11-15(18-13)19-12-9-6-5-7-10-12/h11-12H,3-10H2,1-2H3,(H,16,17,18). The SMILES string of the molecule is CCCc1nc(NCC)cc(OC2CCCCC2)n1. The molecule has 1 aliphatic carbocycles. The summed E-state index contributed by atoms with van der Waals surface area (Å²) >= 11 is 0. The molecule has 0 saturated heterocycles. The summed E-state index contributed by atoms with van der Waals surface area (Å²) in [6.07, 6.45) is 8.50. The van der Waals surface area contributed by atoms with Gasteiger partial charge in [-0.1, -0.05) is 13.3 Å². The zero-order chi connectivity index (χ0) is 13.5. The third-order valence-corrected chi connectivity index (χ3v) is 3.42. The molecule has 1 saturated carbocycles. The van der Waals surface area contributed by atoms with Crippen LogP contribution in [-0.4, -0.2) is 22.6 Å². The summed E-state index contributed by atoms with van der Waals surface area (Å²) in [5.41, 5.74) is 0. The van der Waals surface area contributed by atoms with Gasteiger partial charge in [0.05, 0.1) is 0 Å². The monoisotopic (exact) mass is 263 g/mol. The van der Waals surface area contributed by atoms with Gasteiger partial charge in [0, 0.05) is 19.0 Å². The Balaban J connectivity index is 2.08. The first-order chi connectivity index (χ1) is 9.31. The molecule has 0 aliphatic heterocycles. The van der Waals surface area contributed by atoms with Crippen LogP contribution in [0, 0.1) is 0 Å². The molecule has 0 spiro atoms. The van der Waals surface area contributed by atoms with Crippen LogP contribution in [-0.2, 0) is 6.42 Å². The van der Waals surface area contributed by atoms with Crippen LogP contribution in [0.5, 0.6) is 5.88 Å². The van der Waals surface area contributed by atoms with Crippen LogP contribution >= 0.6 is 0 Å². The molecule has 1 aromatic rings. The lowest BCUT2D eigenvalue weighted by molar-refractivity contribution is 0.148. The number of anilines is 1. The number of ether oxygens (including phenoxy) is 1. The van der Waals surface area contributed by atoms with Crippen molar-refractivity contribution in [2.75, 3.05) is 11.9 Å². The topological polar surface area (TPSA) is 47.0 Å². The first-order valence-electron chi connectivity index (χ1n) is 7.60. The van der Waals surface area contributed by atoms with Crippen LogP contribution in [0.4, 0.5) is 5.82 Å². The fraction of sp³-hybridized carbons (Fsp3) is 0.733. The third kappa shape index (κ3) is 4.37. The van der Waals surface area contributed by atoms with Gasteiger partial charge in [0.2, 0.25) is 5.88 Å². The fourth-order valence-corrected chi connectivity index (χ4v) is 2.49. The largest absolute Gasteiger partial charge is 0.474 e. The Morgan fingerprint density at radius 2 is 2.00 bits per heavy atom. The Bertz CT molecular complexity index is 365. The molecule has 1 heterocycles. The van der Waals surface area contributed by atoms with Gasteiger partial charge < -0.3 is 10.1 Å². The molecule has 0 unspecified atom stereocenters. The van der Waals surface area contributed by atoms with Crippen LogP contribution in [0.2, 0.25) is 0 Å². The van der Waals surface area contributed by atoms with Gasteiger partial charge in [0.15, 0.2) is 0 Å². The Morgan fingerprint density at radius 1 is 1.21 bits per heavy atom. The molecule has 106 valence electrons. The minimum Gasteiger partial charge on any atom is -0.474 e. The maximum atomic E-state index is 6.04. The van der Waals surface area contributed by atoms with Gasteiger partial charge in [0.1, 0.15) is 17.7 Å². The van der Waals surface area contributed by atoms with E-state index in [1.54, 1.807) is 0 Å². The van der Waals surface area contributed by atoms with Crippen molar-refractivity contribution in [3.05, 3.63) is 11.9 Å². The first-order valence-corrected chi connectivity index (χ1v) is 7.60. The highest BCUT2D eigenvalue weighted by Gasteiger charge is 2.16. The Hall–Kier alpha value is -1.32. The number of hydrogen-bond acceptors (Lipinski definition) is 4. The van der Waals surface area contributed by atoms with Crippen molar-refractivity contribution < 1.29 is 4.74 Å². The normalized spacial score (nSPS) is 16.3. The van der Waals surface area contributed by atoms with Gasteiger partial charge in [-0.15, -0.1) is 0 Å². The lowest BCUT2D eigenvalue weighted by Crippen LogP contribution is -2.20. The average Bonchev–Trinajstić information content (AvgIpc) is 2.40. The molecular weight excluding hydrogens is 238 g/mol. The number of hydrogen-bond donors (Lipinski definition) is 1. The summed E-state index contributed by atoms with van der Waals surface area (Å²) in [4.78, 5) is 9.03. The number of nitrogens with one attached hydrogen (secondary N) is 1. The van der Waals surface area contributed by atoms with Crippen molar-refractivity contribution >= 4 is 5.82 Å². The highest BCUT2D eigenvalue weighted by atomic mass is 16.5. The van der Waals surface area contributed by atoms with E-state index in [9.17, 15) is 0 Å². The molecule has 0 amide bonds. The van der Waals surface area contributed by atoms with Crippen LogP contribution in [0.15, 0.2) is 6.07 Å². The summed E-state index contributed by atoms with van der Waals surface area (Å²) < 4.78 is 6.04. The minimum absolute atomic E-state index is 0.340. The van der Waals surface area contributed by atoms with Crippen molar-refractivity contribution in [3.63, 3.8) is 0 Å². The van der Waals surface area contributed by atoms with Crippen LogP contribution < -0.4 is 10.1 Å². The summed E-state index contributed by atoms with van der Waals surface area (Å²) in [6.45, 7) is 5.08. The molecule has 0 radical (unpaired) electrons. The van der Waals surface area contributed by atoms with E-state index in [4.69, 9.17) is 4.74 Å². The van der Waals surface area contributed by atoms with Crippen molar-refractivity contribution in [2.45, 2.75) is 64.9 Å². The summed E-state index contributed by atoms with van der Waals surface area (Å²) in [7, 11) is 0. The maximum Gasteiger partial charge on any atom is 0.218 e. The molecule has 1 aromatic heterocycles. The smallest absolute Gasteiger partial charge is 0.218 e. The van der Waals surface area contributed by atoms with Crippen molar-refractivity contribution in [1.29, 1.82) is 0 Å². The quantitative estimate of drug-likeness (QED) is 0.852. The molecule has 0 aromatic carbocycles. The zero-order valence-electron chi connectivity index (χ0n) is 12.1. The van der Waals surface area contributed by atoms with Crippen LogP contribution in [0.25, 0.3) is 0 Å². The molecular formula is C15H25N3O. The Labute approximate surface area is 116 Å². The number of nitrogens with zero attached hydrogens (tertiary/aromatic N) is 2. The molecule has 1 fully saturated rings. The second kappa shape index (κ2) is 7.31. The molecule has 4 nitrogen and oxygen atoms in total. The first kappa shape index (κ1) is 14.1. The van der Waals surface area contributed by atoms with E-state index in [0.717, 1.165) is 49.8 Å². The van der Waals surface area contributed by atoms with E-state index in [-0.39, 0.29) is 0 Å². The van der Waals surface area contributed by atoms with Crippen molar-refractivity contribution in [1.82, 2.24) is 9.97 Å². The second-order valence-electron chi connectivity index (χ2n) is 5.17. The summed E-state index contributed by atoms with van der Waals surface area (Å²) in [5.74, 6) is 2.50. The third-order valence-electron chi connectivity index (χ3n) is 3.42. The summed E-state index contributed by atoms with van der Waals surface area (Å²) in [5, 5.41) is 3.25. The molecule has 1 aliphatic rings. The van der Waals surface area contributed by atoms with Gasteiger partial charge in [0.25, 0.3) is 0 Å². The van der Waals surface area contributed by atoms with Crippen LogP contribution in [0.3, 0.4) is 0 Å². The molecule has 4 heteroatoms. The Kier molecular flexibility index (Phi) is 5.43. The van der Waals surface area contributed by atoms with Crippen molar-refractivity contribution in [2.24, 2.45) is 0 Å². The van der Waals surface area contributed by atoms with Crippen molar-refractivity contribution in [3.8, 4) is 5.88 Å². The minimum atomic E-state index is 0.340. The molecule has 0 bridgehead atoms. The molecule has 0 atom stereocenters. The number of rotatable bonds is 6. The highest BCUT2D eigenvalue weighted by molar-refractivity contribution is 5.38. The van der Waals surface area contributed by atoms with E-state index in [1.807, 2.05) is 6.07 Å². The van der Waals surface area contributed by atoms with Gasteiger partial charge in [-0.05, 0) is 39.0 Å². The van der Waals surface area contributed by atoms with E-state index >= 15 is 0 Å². The van der Waals surface area contributed by atoms with Crippen LogP contribution in [0.1, 0.15) is 58.2 Å². The zero-order valence-corrected chi connectivity index (χ0v) is 12.1. The van der Waals surface area contributed by atoms with E-state index in [1.165, 1.54) is 19.3 Å². The second-order valence-corrected chi connectivity index (χ2v) is 5.17. The average molecular weight is 263 g/mol.